The monoisotopic (exact) mass is 695 g/mol. The van der Waals surface area contributed by atoms with E-state index < -0.39 is 28.1 Å². The number of hydrogen-bond acceptors (Lipinski definition) is 11. The molecule has 0 aliphatic heterocycles. The maximum Gasteiger partial charge on any atom is 0.427 e. The fourth-order valence-electron chi connectivity index (χ4n) is 4.24. The molecule has 2 aromatic heterocycles. The molecule has 49 heavy (non-hydrogen) atoms. The van der Waals surface area contributed by atoms with Crippen molar-refractivity contribution in [2.45, 2.75) is 52.5 Å². The Kier molecular flexibility index (Phi) is 14.7. The van der Waals surface area contributed by atoms with Gasteiger partial charge in [-0.25, -0.2) is 25.0 Å². The van der Waals surface area contributed by atoms with E-state index in [1.54, 1.807) is 43.5 Å². The number of rotatable bonds is 13. The Hall–Kier alpha value is -5.35. The van der Waals surface area contributed by atoms with Crippen molar-refractivity contribution in [2.75, 3.05) is 23.2 Å². The predicted molar refractivity (Wildman–Crippen MR) is 186 cm³/mol. The minimum absolute atomic E-state index is 0.107. The minimum atomic E-state index is -3.67. The first kappa shape index (κ1) is 38.1. The van der Waals surface area contributed by atoms with Gasteiger partial charge in [0.2, 0.25) is 0 Å². The second kappa shape index (κ2) is 18.8. The van der Waals surface area contributed by atoms with Gasteiger partial charge in [0.05, 0.1) is 36.7 Å². The molecule has 262 valence electrons. The lowest BCUT2D eigenvalue weighted by molar-refractivity contribution is -0.143. The van der Waals surface area contributed by atoms with Gasteiger partial charge >= 0.3 is 12.1 Å². The summed E-state index contributed by atoms with van der Waals surface area (Å²) in [4.78, 5) is 51.3. The number of imidazole rings is 1. The summed E-state index contributed by atoms with van der Waals surface area (Å²) in [6.45, 7) is 4.59. The van der Waals surface area contributed by atoms with Crippen LogP contribution in [0.15, 0.2) is 72.0 Å². The highest BCUT2D eigenvalue weighted by atomic mass is 32.2. The Labute approximate surface area is 285 Å². The molecule has 0 atom stereocenters. The Morgan fingerprint density at radius 3 is 2.43 bits per heavy atom. The average molecular weight is 696 g/mol. The van der Waals surface area contributed by atoms with Crippen molar-refractivity contribution >= 4 is 56.8 Å². The number of unbranched alkanes of at least 4 members (excludes halogenated alkanes) is 3. The Morgan fingerprint density at radius 2 is 1.78 bits per heavy atom. The van der Waals surface area contributed by atoms with Gasteiger partial charge in [-0.3, -0.25) is 9.35 Å². The minimum Gasteiger partial charge on any atom is -0.448 e. The number of anilines is 2. The van der Waals surface area contributed by atoms with Gasteiger partial charge in [0.15, 0.2) is 5.82 Å². The van der Waals surface area contributed by atoms with Crippen LogP contribution in [0.25, 0.3) is 11.0 Å². The van der Waals surface area contributed by atoms with Crippen LogP contribution >= 0.6 is 0 Å². The zero-order chi connectivity index (χ0) is 35.8. The molecule has 4 aromatic rings. The second-order valence-corrected chi connectivity index (χ2v) is 12.1. The molecule has 16 heteroatoms. The zero-order valence-corrected chi connectivity index (χ0v) is 28.6. The molecule has 0 aliphatic carbocycles. The number of ether oxygens (including phenoxy) is 1. The van der Waals surface area contributed by atoms with Crippen molar-refractivity contribution in [1.29, 1.82) is 0 Å². The Bertz CT molecular complexity index is 1820. The molecular formula is C33H41N7O8S. The smallest absolute Gasteiger partial charge is 0.427 e. The van der Waals surface area contributed by atoms with Crippen molar-refractivity contribution in [2.24, 2.45) is 12.1 Å². The summed E-state index contributed by atoms with van der Waals surface area (Å²) in [7, 11) is -1.76. The van der Waals surface area contributed by atoms with Crippen molar-refractivity contribution in [3.8, 4) is 0 Å². The van der Waals surface area contributed by atoms with Gasteiger partial charge in [-0.15, -0.1) is 5.06 Å². The standard InChI is InChI=1S/C32H37N7O5.CH4O3S/c1-4-6-7-10-19-43-32(42)37-35-21-23-12-15-25(16-13-23)34-22-29-36-26-20-24(14-17-27(26)38(29)3)31(41)39(44-30(40)5-2)28-11-8-9-18-33-28;1-5(2,3)4/h8-9,11-18,20-21,34H,4-7,10,19,22H2,1-3H3,(H,37,42);1H3,(H,2,3,4). The number of nitrogens with one attached hydrogen (secondary N) is 2. The van der Waals surface area contributed by atoms with Crippen molar-refractivity contribution < 1.29 is 36.9 Å². The molecule has 0 saturated carbocycles. The van der Waals surface area contributed by atoms with E-state index in [4.69, 9.17) is 19.1 Å². The van der Waals surface area contributed by atoms with E-state index in [-0.39, 0.29) is 12.2 Å². The predicted octanol–water partition coefficient (Wildman–Crippen LogP) is 5.24. The van der Waals surface area contributed by atoms with Gasteiger partial charge < -0.3 is 19.5 Å². The number of hydrazone groups is 1. The van der Waals surface area contributed by atoms with Gasteiger partial charge in [0.25, 0.3) is 16.0 Å². The van der Waals surface area contributed by atoms with E-state index in [2.05, 4.69) is 27.8 Å². The highest BCUT2D eigenvalue weighted by molar-refractivity contribution is 7.85. The highest BCUT2D eigenvalue weighted by Gasteiger charge is 2.24. The molecule has 2 aromatic carbocycles. The van der Waals surface area contributed by atoms with Crippen LogP contribution < -0.4 is 15.8 Å². The summed E-state index contributed by atoms with van der Waals surface area (Å²) < 4.78 is 32.9. The van der Waals surface area contributed by atoms with Gasteiger partial charge in [0.1, 0.15) is 5.82 Å². The molecular weight excluding hydrogens is 654 g/mol. The van der Waals surface area contributed by atoms with Crippen LogP contribution in [0.2, 0.25) is 0 Å². The fraction of sp³-hybridized carbons (Fsp3) is 0.333. The quantitative estimate of drug-likeness (QED) is 0.0716. The number of pyridine rings is 1. The largest absolute Gasteiger partial charge is 0.448 e. The third-order valence-corrected chi connectivity index (χ3v) is 6.71. The SMILES string of the molecule is CCCCCCOC(=O)NN=Cc1ccc(NCc2nc3cc(C(=O)N(OC(=O)CC)c4ccccn4)ccc3n2C)cc1.CS(=O)(=O)O. The maximum absolute atomic E-state index is 13.4. The van der Waals surface area contributed by atoms with Gasteiger partial charge in [-0.2, -0.15) is 13.5 Å². The Morgan fingerprint density at radius 1 is 1.04 bits per heavy atom. The first-order chi connectivity index (χ1) is 23.4. The Balaban J connectivity index is 0.00000121. The number of amides is 2. The number of benzene rings is 2. The molecule has 4 rings (SSSR count). The zero-order valence-electron chi connectivity index (χ0n) is 27.8. The fourth-order valence-corrected chi connectivity index (χ4v) is 4.24. The first-order valence-corrected chi connectivity index (χ1v) is 17.4. The number of carbonyl (C=O) groups excluding carboxylic acids is 3. The summed E-state index contributed by atoms with van der Waals surface area (Å²) in [6, 6.07) is 17.7. The van der Waals surface area contributed by atoms with E-state index in [0.29, 0.717) is 30.5 Å². The number of aromatic nitrogens is 3. The lowest BCUT2D eigenvalue weighted by Gasteiger charge is -2.19. The average Bonchev–Trinajstić information content (AvgIpc) is 3.40. The molecule has 0 radical (unpaired) electrons. The summed E-state index contributed by atoms with van der Waals surface area (Å²) in [6.07, 6.45) is 7.46. The van der Waals surface area contributed by atoms with E-state index in [1.807, 2.05) is 41.9 Å². The molecule has 0 fully saturated rings. The summed E-state index contributed by atoms with van der Waals surface area (Å²) in [5, 5.41) is 8.20. The van der Waals surface area contributed by atoms with Crippen LogP contribution in [0.3, 0.4) is 0 Å². The second-order valence-electron chi connectivity index (χ2n) is 10.7. The molecule has 2 heterocycles. The number of fused-ring (bicyclic) bond motifs is 1. The maximum atomic E-state index is 13.4. The third-order valence-electron chi connectivity index (χ3n) is 6.71. The topological polar surface area (TPSA) is 194 Å². The van der Waals surface area contributed by atoms with Gasteiger partial charge in [0, 0.05) is 30.9 Å². The molecule has 0 saturated heterocycles. The number of carbonyl (C=O) groups is 3. The number of hydrogen-bond donors (Lipinski definition) is 3. The molecule has 2 amide bonds. The molecule has 0 aliphatic rings. The van der Waals surface area contributed by atoms with Crippen LogP contribution in [0, 0.1) is 0 Å². The van der Waals surface area contributed by atoms with E-state index >= 15 is 0 Å². The molecule has 0 bridgehead atoms. The normalized spacial score (nSPS) is 11.0. The van der Waals surface area contributed by atoms with Crippen LogP contribution in [0.4, 0.5) is 16.3 Å². The van der Waals surface area contributed by atoms with Crippen LogP contribution in [-0.4, -0.2) is 64.6 Å². The van der Waals surface area contributed by atoms with Crippen LogP contribution in [0.1, 0.15) is 67.7 Å². The van der Waals surface area contributed by atoms with Crippen LogP contribution in [0.5, 0.6) is 0 Å². The highest BCUT2D eigenvalue weighted by Crippen LogP contribution is 2.21. The van der Waals surface area contributed by atoms with E-state index in [1.165, 1.54) is 6.20 Å². The summed E-state index contributed by atoms with van der Waals surface area (Å²) in [5.74, 6) is -0.126. The van der Waals surface area contributed by atoms with E-state index in [0.717, 1.165) is 53.3 Å². The molecule has 15 nitrogen and oxygen atoms in total. The van der Waals surface area contributed by atoms with Gasteiger partial charge in [-0.1, -0.05) is 51.3 Å². The third kappa shape index (κ3) is 13.0. The van der Waals surface area contributed by atoms with E-state index in [9.17, 15) is 22.8 Å². The molecule has 0 spiro atoms. The van der Waals surface area contributed by atoms with Gasteiger partial charge in [-0.05, 0) is 54.4 Å². The summed E-state index contributed by atoms with van der Waals surface area (Å²) in [5.41, 5.74) is 5.81. The van der Waals surface area contributed by atoms with Crippen molar-refractivity contribution in [1.82, 2.24) is 20.0 Å². The van der Waals surface area contributed by atoms with Crippen molar-refractivity contribution in [3.63, 3.8) is 0 Å². The van der Waals surface area contributed by atoms with Crippen molar-refractivity contribution in [3.05, 3.63) is 83.8 Å². The molecule has 3 N–H and O–H groups in total. The number of aryl methyl sites for hydroxylation is 1. The van der Waals surface area contributed by atoms with Crippen LogP contribution in [-0.2, 0) is 38.1 Å². The number of nitrogens with zero attached hydrogens (tertiary/aromatic N) is 5. The molecule has 0 unspecified atom stereocenters. The lowest BCUT2D eigenvalue weighted by Crippen LogP contribution is -2.34. The first-order valence-electron chi connectivity index (χ1n) is 15.5. The number of hydroxylamine groups is 1. The lowest BCUT2D eigenvalue weighted by atomic mass is 10.2. The summed E-state index contributed by atoms with van der Waals surface area (Å²) >= 11 is 0.